The first-order valence-corrected chi connectivity index (χ1v) is 3.72. The number of fused-ring (bicyclic) bond motifs is 1. The van der Waals surface area contributed by atoms with Crippen molar-refractivity contribution in [2.75, 3.05) is 0 Å². The molecule has 2 aromatic rings. The Balaban J connectivity index is 0.000000720. The summed E-state index contributed by atoms with van der Waals surface area (Å²) < 4.78 is 2.03. The van der Waals surface area contributed by atoms with Crippen molar-refractivity contribution in [2.45, 2.75) is 6.92 Å². The van der Waals surface area contributed by atoms with Gasteiger partial charge in [-0.15, -0.1) is 23.8 Å². The van der Waals surface area contributed by atoms with Gasteiger partial charge in [-0.3, -0.25) is 0 Å². The average Bonchev–Trinajstić information content (AvgIpc) is 2.30. The molecule has 0 aliphatic carbocycles. The van der Waals surface area contributed by atoms with E-state index in [4.69, 9.17) is 0 Å². The van der Waals surface area contributed by atoms with Crippen LogP contribution >= 0.6 is 0 Å². The monoisotopic (exact) mass is 411 g/mol. The van der Waals surface area contributed by atoms with Crippen molar-refractivity contribution in [3.05, 3.63) is 36.0 Å². The Morgan fingerprint density at radius 3 is 2.58 bits per heavy atom. The molecular formula is C10H10NRf-. The number of aromatic nitrogens is 1. The van der Waals surface area contributed by atoms with E-state index in [9.17, 15) is 0 Å². The van der Waals surface area contributed by atoms with Crippen LogP contribution in [0.2, 0.25) is 0 Å². The first-order valence-electron chi connectivity index (χ1n) is 3.72. The molecule has 1 heterocycles. The molecule has 0 spiro atoms. The molecule has 0 bridgehead atoms. The van der Waals surface area contributed by atoms with Gasteiger partial charge >= 0.3 is 0 Å². The molecule has 12 heavy (non-hydrogen) atoms. The van der Waals surface area contributed by atoms with Gasteiger partial charge in [0, 0.05) is 0 Å². The number of rotatable bonds is 0. The van der Waals surface area contributed by atoms with Gasteiger partial charge in [0.05, 0.1) is 0 Å². The molecule has 0 aliphatic rings. The van der Waals surface area contributed by atoms with E-state index >= 15 is 0 Å². The summed E-state index contributed by atoms with van der Waals surface area (Å²) in [6.07, 6.45) is 3.23. The zero-order valence-corrected chi connectivity index (χ0v) is 13.9. The van der Waals surface area contributed by atoms with E-state index in [1.165, 1.54) is 16.5 Å². The van der Waals surface area contributed by atoms with Crippen molar-refractivity contribution in [2.24, 2.45) is 7.05 Å². The maximum atomic E-state index is 3.23. The maximum absolute atomic E-state index is 3.23. The second-order valence-electron chi connectivity index (χ2n) is 2.81. The molecule has 2 rings (SSSR count). The fourth-order valence-corrected chi connectivity index (χ4v) is 1.46. The molecule has 0 saturated heterocycles. The molecule has 0 amide bonds. The topological polar surface area (TPSA) is 4.93 Å². The van der Waals surface area contributed by atoms with E-state index in [1.807, 2.05) is 11.6 Å². The number of para-hydroxylation sites is 1. The Morgan fingerprint density at radius 2 is 1.92 bits per heavy atom. The molecule has 0 aliphatic heterocycles. The van der Waals surface area contributed by atoms with Crippen LogP contribution < -0.4 is 0 Å². The molecule has 1 aromatic carbocycles. The standard InChI is InChI=1S/C10H10N.Rf/c1-8-7-11(2)10-6-4-3-5-9(8)10;/h3-6H,1-2H3;/q-1;. The predicted molar refractivity (Wildman–Crippen MR) is 46.5 cm³/mol. The van der Waals surface area contributed by atoms with Gasteiger partial charge in [0.2, 0.25) is 0 Å². The molecule has 0 atom stereocenters. The molecule has 0 N–H and O–H groups in total. The fraction of sp³-hybridized carbons (Fsp3) is 0.200. The van der Waals surface area contributed by atoms with Gasteiger partial charge in [0.1, 0.15) is 0 Å². The van der Waals surface area contributed by atoms with Crippen molar-refractivity contribution < 1.29 is 0 Å². The summed E-state index contributed by atoms with van der Waals surface area (Å²) in [5.41, 5.74) is 2.48. The zero-order chi connectivity index (χ0) is 7.84. The summed E-state index contributed by atoms with van der Waals surface area (Å²) >= 11 is 0. The fourth-order valence-electron chi connectivity index (χ4n) is 1.46. The summed E-state index contributed by atoms with van der Waals surface area (Å²) in [6, 6.07) is 8.35. The van der Waals surface area contributed by atoms with Crippen molar-refractivity contribution in [1.29, 1.82) is 0 Å². The van der Waals surface area contributed by atoms with Crippen LogP contribution in [0.5, 0.6) is 0 Å². The second-order valence-corrected chi connectivity index (χ2v) is 2.81. The summed E-state index contributed by atoms with van der Waals surface area (Å²) in [6.45, 7) is 2.09. The normalized spacial score (nSPS) is 9.83. The number of aryl methyl sites for hydroxylation is 2. The smallest absolute Gasteiger partial charge is 0 e. The third-order valence-corrected chi connectivity index (χ3v) is 2.00. The van der Waals surface area contributed by atoms with E-state index in [2.05, 4.69) is 37.4 Å². The van der Waals surface area contributed by atoms with E-state index in [1.54, 1.807) is 0 Å². The minimum atomic E-state index is 0. The molecule has 1 aromatic heterocycles. The molecule has 0 fully saturated rings. The molecule has 0 radical (unpaired) electrons. The number of nitrogens with zero attached hydrogens (tertiary/aromatic N) is 1. The Morgan fingerprint density at radius 1 is 1.25 bits per heavy atom. The zero-order valence-electron chi connectivity index (χ0n) is 7.46. The summed E-state index contributed by atoms with van der Waals surface area (Å²) in [5, 5.41) is 1.30. The van der Waals surface area contributed by atoms with Crippen LogP contribution in [0.15, 0.2) is 24.3 Å². The molecule has 0 saturated carbocycles. The van der Waals surface area contributed by atoms with Gasteiger partial charge < -0.3 is 4.57 Å². The Hall–Kier alpha value is -2.24. The van der Waals surface area contributed by atoms with E-state index in [0.29, 0.717) is 0 Å². The number of hydrogen-bond acceptors (Lipinski definition) is 0. The average molecular weight is 411 g/mol. The van der Waals surface area contributed by atoms with Crippen LogP contribution in [0.25, 0.3) is 10.9 Å². The van der Waals surface area contributed by atoms with Gasteiger partial charge in [0.25, 0.3) is 0 Å². The van der Waals surface area contributed by atoms with Gasteiger partial charge in [0.15, 0.2) is 0 Å². The molecule has 58 valence electrons. The SMILES string of the molecule is Cc1[c-]n(C)c2ccccc12.[Rf]. The van der Waals surface area contributed by atoms with Gasteiger partial charge in [-0.05, 0) is 7.05 Å². The van der Waals surface area contributed by atoms with Crippen LogP contribution in [0.1, 0.15) is 5.56 Å². The van der Waals surface area contributed by atoms with Crippen molar-refractivity contribution in [3.63, 3.8) is 0 Å². The van der Waals surface area contributed by atoms with Gasteiger partial charge in [-0.2, -0.15) is 10.9 Å². The Kier molecular flexibility index (Phi) is 1.59. The Labute approximate surface area is 66.3 Å². The van der Waals surface area contributed by atoms with Crippen LogP contribution in [0.4, 0.5) is 0 Å². The largest absolute Gasteiger partial charge is 0.466 e. The quantitative estimate of drug-likeness (QED) is 0.587. The van der Waals surface area contributed by atoms with Crippen LogP contribution in [-0.2, 0) is 7.05 Å². The minimum absolute atomic E-state index is 0. The van der Waals surface area contributed by atoms with Crippen molar-refractivity contribution >= 4 is 10.9 Å². The predicted octanol–water partition coefficient (Wildman–Crippen LogP) is 2.29. The summed E-state index contributed by atoms with van der Waals surface area (Å²) in [7, 11) is 2.02. The first kappa shape index (κ1) is 7.86. The summed E-state index contributed by atoms with van der Waals surface area (Å²) in [5.74, 6) is 0. The third-order valence-electron chi connectivity index (χ3n) is 2.00. The van der Waals surface area contributed by atoms with E-state index in [-0.39, 0.29) is 0 Å². The minimum Gasteiger partial charge on any atom is -0.466 e. The summed E-state index contributed by atoms with van der Waals surface area (Å²) in [4.78, 5) is 0. The number of hydrogen-bond donors (Lipinski definition) is 0. The first-order chi connectivity index (χ1) is 5.29. The molecule has 1 nitrogen and oxygen atoms in total. The van der Waals surface area contributed by atoms with E-state index < -0.39 is 0 Å². The van der Waals surface area contributed by atoms with Crippen molar-refractivity contribution in [3.8, 4) is 0 Å². The third kappa shape index (κ3) is 0.823. The molecule has 0 unspecified atom stereocenters. The van der Waals surface area contributed by atoms with Gasteiger partial charge in [-0.1, -0.05) is 19.1 Å². The second kappa shape index (κ2) is 2.42. The molecule has 2 heteroatoms. The van der Waals surface area contributed by atoms with Crippen molar-refractivity contribution in [1.82, 2.24) is 4.57 Å². The Bertz CT molecular complexity index is 354. The number of benzene rings is 1. The van der Waals surface area contributed by atoms with Crippen LogP contribution in [-0.4, -0.2) is 4.57 Å². The maximum Gasteiger partial charge on any atom is 0 e. The van der Waals surface area contributed by atoms with E-state index in [0.717, 1.165) is 0 Å². The van der Waals surface area contributed by atoms with Crippen LogP contribution in [0, 0.1) is 13.1 Å². The van der Waals surface area contributed by atoms with Gasteiger partial charge in [-0.25, -0.2) is 0 Å². The molecular weight excluding hydrogens is 401 g/mol. The van der Waals surface area contributed by atoms with Crippen LogP contribution in [0.3, 0.4) is 0 Å².